The summed E-state index contributed by atoms with van der Waals surface area (Å²) in [5.74, 6) is 0.944. The Balaban J connectivity index is 2.02. The largest absolute Gasteiger partial charge is 0.497 e. The van der Waals surface area contributed by atoms with Gasteiger partial charge < -0.3 is 20.1 Å². The fourth-order valence-electron chi connectivity index (χ4n) is 3.25. The quantitative estimate of drug-likeness (QED) is 0.802. The van der Waals surface area contributed by atoms with E-state index in [-0.39, 0.29) is 11.3 Å². The van der Waals surface area contributed by atoms with Crippen molar-refractivity contribution in [2.45, 2.75) is 32.1 Å². The molecule has 1 fully saturated rings. The molecular formula is C19H30N2O3. The summed E-state index contributed by atoms with van der Waals surface area (Å²) in [5, 5.41) is 6.48. The van der Waals surface area contributed by atoms with Gasteiger partial charge in [-0.3, -0.25) is 4.79 Å². The molecule has 24 heavy (non-hydrogen) atoms. The highest BCUT2D eigenvalue weighted by atomic mass is 16.5. The van der Waals surface area contributed by atoms with Gasteiger partial charge in [-0.15, -0.1) is 0 Å². The first kappa shape index (κ1) is 18.7. The summed E-state index contributed by atoms with van der Waals surface area (Å²) in [5.41, 5.74) is 0.619. The first-order valence-corrected chi connectivity index (χ1v) is 8.56. The molecule has 1 amide bonds. The number of nitrogens with one attached hydrogen (secondary N) is 2. The summed E-state index contributed by atoms with van der Waals surface area (Å²) in [7, 11) is 3.33. The van der Waals surface area contributed by atoms with Crippen molar-refractivity contribution in [2.75, 3.05) is 40.5 Å². The van der Waals surface area contributed by atoms with Crippen LogP contribution in [0.2, 0.25) is 0 Å². The van der Waals surface area contributed by atoms with E-state index in [1.54, 1.807) is 14.2 Å². The molecular weight excluding hydrogens is 304 g/mol. The van der Waals surface area contributed by atoms with E-state index in [0.717, 1.165) is 31.7 Å². The molecule has 1 aliphatic heterocycles. The molecule has 1 aromatic rings. The fourth-order valence-corrected chi connectivity index (χ4v) is 3.25. The van der Waals surface area contributed by atoms with Crippen LogP contribution in [-0.2, 0) is 14.9 Å². The van der Waals surface area contributed by atoms with Crippen molar-refractivity contribution in [3.05, 3.63) is 29.8 Å². The van der Waals surface area contributed by atoms with Crippen molar-refractivity contribution < 1.29 is 14.3 Å². The highest BCUT2D eigenvalue weighted by Crippen LogP contribution is 2.30. The first-order chi connectivity index (χ1) is 11.4. The van der Waals surface area contributed by atoms with Crippen LogP contribution in [0.25, 0.3) is 0 Å². The van der Waals surface area contributed by atoms with Crippen molar-refractivity contribution in [1.82, 2.24) is 10.6 Å². The van der Waals surface area contributed by atoms with Crippen LogP contribution in [-0.4, -0.2) is 46.4 Å². The molecule has 0 atom stereocenters. The van der Waals surface area contributed by atoms with Gasteiger partial charge in [-0.2, -0.15) is 0 Å². The molecule has 0 aromatic heterocycles. The number of ether oxygens (including phenoxy) is 2. The Bertz CT molecular complexity index is 529. The number of hydrogen-bond donors (Lipinski definition) is 2. The van der Waals surface area contributed by atoms with E-state index < -0.39 is 5.41 Å². The van der Waals surface area contributed by atoms with E-state index in [1.807, 2.05) is 12.1 Å². The van der Waals surface area contributed by atoms with E-state index in [0.29, 0.717) is 13.2 Å². The molecule has 5 heteroatoms. The number of carbonyl (C=O) groups excluding carboxylic acids is 1. The van der Waals surface area contributed by atoms with Crippen LogP contribution in [0.3, 0.4) is 0 Å². The van der Waals surface area contributed by atoms with Gasteiger partial charge in [-0.25, -0.2) is 0 Å². The Kier molecular flexibility index (Phi) is 6.24. The summed E-state index contributed by atoms with van der Waals surface area (Å²) in [4.78, 5) is 12.8. The second-order valence-corrected chi connectivity index (χ2v) is 7.26. The average Bonchev–Trinajstić information content (AvgIpc) is 2.61. The summed E-state index contributed by atoms with van der Waals surface area (Å²) in [6.45, 7) is 7.07. The lowest BCUT2D eigenvalue weighted by atomic mass is 9.78. The highest BCUT2D eigenvalue weighted by Gasteiger charge is 2.40. The van der Waals surface area contributed by atoms with Crippen LogP contribution in [0.5, 0.6) is 5.75 Å². The summed E-state index contributed by atoms with van der Waals surface area (Å²) < 4.78 is 10.6. The zero-order valence-electron chi connectivity index (χ0n) is 15.3. The molecule has 0 unspecified atom stereocenters. The summed E-state index contributed by atoms with van der Waals surface area (Å²) in [6, 6.07) is 8.02. The minimum atomic E-state index is -0.407. The Hall–Kier alpha value is -1.59. The standard InChI is InChI=1S/C19H30N2O3/c1-18(2,15-5-7-16(24-4)8-6-15)13-21-17(22)19(14-23-3)9-11-20-12-10-19/h5-8,20H,9-14H2,1-4H3,(H,21,22). The van der Waals surface area contributed by atoms with Gasteiger partial charge in [0.2, 0.25) is 5.91 Å². The third-order valence-corrected chi connectivity index (χ3v) is 5.03. The molecule has 1 heterocycles. The number of rotatable bonds is 7. The summed E-state index contributed by atoms with van der Waals surface area (Å²) >= 11 is 0. The third kappa shape index (κ3) is 4.28. The molecule has 0 radical (unpaired) electrons. The molecule has 0 aliphatic carbocycles. The van der Waals surface area contributed by atoms with Crippen LogP contribution in [0, 0.1) is 5.41 Å². The molecule has 134 valence electrons. The lowest BCUT2D eigenvalue weighted by Crippen LogP contribution is -2.52. The first-order valence-electron chi connectivity index (χ1n) is 8.56. The van der Waals surface area contributed by atoms with Gasteiger partial charge in [0, 0.05) is 19.1 Å². The fraction of sp³-hybridized carbons (Fsp3) is 0.632. The minimum Gasteiger partial charge on any atom is -0.497 e. The van der Waals surface area contributed by atoms with Gasteiger partial charge >= 0.3 is 0 Å². The smallest absolute Gasteiger partial charge is 0.228 e. The van der Waals surface area contributed by atoms with Crippen molar-refractivity contribution in [3.8, 4) is 5.75 Å². The lowest BCUT2D eigenvalue weighted by Gasteiger charge is -2.37. The van der Waals surface area contributed by atoms with Crippen LogP contribution in [0.4, 0.5) is 0 Å². The molecule has 2 rings (SSSR count). The highest BCUT2D eigenvalue weighted by molar-refractivity contribution is 5.83. The maximum absolute atomic E-state index is 12.8. The Morgan fingerprint density at radius 1 is 1.21 bits per heavy atom. The Morgan fingerprint density at radius 2 is 1.83 bits per heavy atom. The van der Waals surface area contributed by atoms with Crippen molar-refractivity contribution >= 4 is 5.91 Å². The second-order valence-electron chi connectivity index (χ2n) is 7.26. The van der Waals surface area contributed by atoms with Crippen molar-refractivity contribution in [1.29, 1.82) is 0 Å². The number of benzene rings is 1. The average molecular weight is 334 g/mol. The number of amides is 1. The predicted molar refractivity (Wildman–Crippen MR) is 95.4 cm³/mol. The molecule has 1 saturated heterocycles. The number of carbonyl (C=O) groups is 1. The number of hydrogen-bond acceptors (Lipinski definition) is 4. The molecule has 5 nitrogen and oxygen atoms in total. The van der Waals surface area contributed by atoms with Crippen LogP contribution >= 0.6 is 0 Å². The predicted octanol–water partition coefficient (Wildman–Crippen LogP) is 2.11. The van der Waals surface area contributed by atoms with E-state index >= 15 is 0 Å². The number of methoxy groups -OCH3 is 2. The van der Waals surface area contributed by atoms with E-state index in [4.69, 9.17) is 9.47 Å². The van der Waals surface area contributed by atoms with Gasteiger partial charge in [-0.1, -0.05) is 26.0 Å². The van der Waals surface area contributed by atoms with Gasteiger partial charge in [0.1, 0.15) is 5.75 Å². The SMILES string of the molecule is COCC1(C(=O)NCC(C)(C)c2ccc(OC)cc2)CCNCC1. The van der Waals surface area contributed by atoms with Gasteiger partial charge in [0.25, 0.3) is 0 Å². The van der Waals surface area contributed by atoms with Gasteiger partial charge in [0.15, 0.2) is 0 Å². The zero-order valence-corrected chi connectivity index (χ0v) is 15.3. The van der Waals surface area contributed by atoms with E-state index in [9.17, 15) is 4.79 Å². The maximum Gasteiger partial charge on any atom is 0.228 e. The van der Waals surface area contributed by atoms with E-state index in [1.165, 1.54) is 5.56 Å². The third-order valence-electron chi connectivity index (χ3n) is 5.03. The van der Waals surface area contributed by atoms with Crippen LogP contribution in [0.15, 0.2) is 24.3 Å². The molecule has 2 N–H and O–H groups in total. The van der Waals surface area contributed by atoms with Crippen molar-refractivity contribution in [2.24, 2.45) is 5.41 Å². The maximum atomic E-state index is 12.8. The minimum absolute atomic E-state index is 0.104. The van der Waals surface area contributed by atoms with Crippen LogP contribution in [0.1, 0.15) is 32.3 Å². The topological polar surface area (TPSA) is 59.6 Å². The molecule has 0 spiro atoms. The second kappa shape index (κ2) is 7.99. The molecule has 1 aliphatic rings. The molecule has 1 aromatic carbocycles. The van der Waals surface area contributed by atoms with Gasteiger partial charge in [-0.05, 0) is 43.6 Å². The Labute approximate surface area is 145 Å². The normalized spacial score (nSPS) is 17.3. The summed E-state index contributed by atoms with van der Waals surface area (Å²) in [6.07, 6.45) is 1.63. The molecule has 0 saturated carbocycles. The Morgan fingerprint density at radius 3 is 2.38 bits per heavy atom. The van der Waals surface area contributed by atoms with Crippen LogP contribution < -0.4 is 15.4 Å². The van der Waals surface area contributed by atoms with Gasteiger partial charge in [0.05, 0.1) is 19.1 Å². The van der Waals surface area contributed by atoms with Crippen molar-refractivity contribution in [3.63, 3.8) is 0 Å². The van der Waals surface area contributed by atoms with E-state index in [2.05, 4.69) is 36.6 Å². The lowest BCUT2D eigenvalue weighted by molar-refractivity contribution is -0.136. The zero-order chi connectivity index (χ0) is 17.6. The monoisotopic (exact) mass is 334 g/mol. The number of piperidine rings is 1. The molecule has 0 bridgehead atoms.